The van der Waals surface area contributed by atoms with Gasteiger partial charge in [-0.25, -0.2) is 4.98 Å². The van der Waals surface area contributed by atoms with Crippen molar-refractivity contribution in [3.63, 3.8) is 0 Å². The maximum atomic E-state index is 13.2. The van der Waals surface area contributed by atoms with Crippen molar-refractivity contribution < 1.29 is 4.79 Å². The van der Waals surface area contributed by atoms with Gasteiger partial charge < -0.3 is 9.88 Å². The zero-order valence-corrected chi connectivity index (χ0v) is 14.7. The number of benzene rings is 1. The number of aromatic nitrogens is 4. The highest BCUT2D eigenvalue weighted by molar-refractivity contribution is 5.95. The Labute approximate surface area is 146 Å². The SMILES string of the molecule is CCn1cc(C(=O)N2CCCCC2c2nc3ccccc3[nH]2)c(C)n1. The second-order valence-electron chi connectivity index (χ2n) is 6.63. The summed E-state index contributed by atoms with van der Waals surface area (Å²) in [5, 5.41) is 4.42. The first-order valence-corrected chi connectivity index (χ1v) is 8.97. The zero-order chi connectivity index (χ0) is 17.4. The predicted octanol–water partition coefficient (Wildman–Crippen LogP) is 3.46. The van der Waals surface area contributed by atoms with Crippen molar-refractivity contribution in [3.8, 4) is 0 Å². The molecule has 1 aromatic carbocycles. The normalized spacial score (nSPS) is 18.0. The van der Waals surface area contributed by atoms with E-state index >= 15 is 0 Å². The summed E-state index contributed by atoms with van der Waals surface area (Å²) in [6.45, 7) is 5.46. The smallest absolute Gasteiger partial charge is 0.257 e. The number of carbonyl (C=O) groups is 1. The molecule has 25 heavy (non-hydrogen) atoms. The second-order valence-corrected chi connectivity index (χ2v) is 6.63. The molecule has 6 heteroatoms. The molecule has 0 aliphatic carbocycles. The van der Waals surface area contributed by atoms with E-state index in [0.717, 1.165) is 54.9 Å². The number of nitrogens with one attached hydrogen (secondary N) is 1. The number of nitrogens with zero attached hydrogens (tertiary/aromatic N) is 4. The van der Waals surface area contributed by atoms with Crippen LogP contribution in [0.25, 0.3) is 11.0 Å². The van der Waals surface area contributed by atoms with Crippen molar-refractivity contribution >= 4 is 16.9 Å². The molecule has 1 aliphatic heterocycles. The molecular formula is C19H23N5O. The van der Waals surface area contributed by atoms with Gasteiger partial charge in [0.05, 0.1) is 28.3 Å². The van der Waals surface area contributed by atoms with E-state index in [4.69, 9.17) is 4.98 Å². The molecule has 0 radical (unpaired) electrons. The molecule has 1 fully saturated rings. The van der Waals surface area contributed by atoms with Gasteiger partial charge in [-0.05, 0) is 45.2 Å². The molecule has 3 heterocycles. The van der Waals surface area contributed by atoms with Gasteiger partial charge in [0.1, 0.15) is 5.82 Å². The fourth-order valence-electron chi connectivity index (χ4n) is 3.63. The lowest BCUT2D eigenvalue weighted by Gasteiger charge is -2.34. The van der Waals surface area contributed by atoms with E-state index in [9.17, 15) is 4.79 Å². The number of fused-ring (bicyclic) bond motifs is 1. The Morgan fingerprint density at radius 3 is 2.92 bits per heavy atom. The van der Waals surface area contributed by atoms with Gasteiger partial charge in [-0.1, -0.05) is 12.1 Å². The van der Waals surface area contributed by atoms with E-state index in [1.807, 2.05) is 53.9 Å². The number of aryl methyl sites for hydroxylation is 2. The van der Waals surface area contributed by atoms with Gasteiger partial charge in [-0.2, -0.15) is 5.10 Å². The van der Waals surface area contributed by atoms with Gasteiger partial charge in [-0.3, -0.25) is 9.48 Å². The summed E-state index contributed by atoms with van der Waals surface area (Å²) >= 11 is 0. The third kappa shape index (κ3) is 2.81. The number of imidazole rings is 1. The number of rotatable bonds is 3. The summed E-state index contributed by atoms with van der Waals surface area (Å²) < 4.78 is 1.82. The first-order chi connectivity index (χ1) is 12.2. The predicted molar refractivity (Wildman–Crippen MR) is 96.4 cm³/mol. The standard InChI is InChI=1S/C19H23N5O/c1-3-23-12-14(13(2)22-23)19(25)24-11-7-6-10-17(24)18-20-15-8-4-5-9-16(15)21-18/h4-5,8-9,12,17H,3,6-7,10-11H2,1-2H3,(H,20,21). The summed E-state index contributed by atoms with van der Waals surface area (Å²) in [4.78, 5) is 23.3. The lowest BCUT2D eigenvalue weighted by Crippen LogP contribution is -2.39. The van der Waals surface area contributed by atoms with Crippen LogP contribution in [0, 0.1) is 6.92 Å². The van der Waals surface area contributed by atoms with Gasteiger partial charge in [0.15, 0.2) is 0 Å². The summed E-state index contributed by atoms with van der Waals surface area (Å²) in [6.07, 6.45) is 4.94. The Balaban J connectivity index is 1.68. The molecule has 2 aromatic heterocycles. The Morgan fingerprint density at radius 2 is 2.16 bits per heavy atom. The minimum absolute atomic E-state index is 0.00183. The summed E-state index contributed by atoms with van der Waals surface area (Å²) in [7, 11) is 0. The van der Waals surface area contributed by atoms with Gasteiger partial charge in [-0.15, -0.1) is 0 Å². The van der Waals surface area contributed by atoms with Crippen molar-refractivity contribution in [2.75, 3.05) is 6.54 Å². The van der Waals surface area contributed by atoms with E-state index in [1.165, 1.54) is 0 Å². The van der Waals surface area contributed by atoms with Crippen molar-refractivity contribution in [2.24, 2.45) is 0 Å². The lowest BCUT2D eigenvalue weighted by molar-refractivity contribution is 0.0600. The Morgan fingerprint density at radius 1 is 1.32 bits per heavy atom. The molecule has 0 saturated carbocycles. The number of hydrogen-bond acceptors (Lipinski definition) is 3. The molecule has 1 saturated heterocycles. The van der Waals surface area contributed by atoms with Crippen LogP contribution in [0.15, 0.2) is 30.5 Å². The lowest BCUT2D eigenvalue weighted by atomic mass is 10.0. The van der Waals surface area contributed by atoms with Crippen LogP contribution in [0.2, 0.25) is 0 Å². The number of hydrogen-bond donors (Lipinski definition) is 1. The quantitative estimate of drug-likeness (QED) is 0.796. The molecule has 0 spiro atoms. The Kier molecular flexibility index (Phi) is 4.03. The summed E-state index contributed by atoms with van der Waals surface area (Å²) in [5.74, 6) is 0.942. The number of amides is 1. The maximum Gasteiger partial charge on any atom is 0.257 e. The van der Waals surface area contributed by atoms with Gasteiger partial charge in [0.2, 0.25) is 0 Å². The van der Waals surface area contributed by atoms with Crippen LogP contribution < -0.4 is 0 Å². The fraction of sp³-hybridized carbons (Fsp3) is 0.421. The topological polar surface area (TPSA) is 66.8 Å². The van der Waals surface area contributed by atoms with E-state index in [0.29, 0.717) is 5.56 Å². The first kappa shape index (κ1) is 15.9. The van der Waals surface area contributed by atoms with Crippen molar-refractivity contribution in [1.82, 2.24) is 24.6 Å². The van der Waals surface area contributed by atoms with E-state index in [-0.39, 0.29) is 11.9 Å². The highest BCUT2D eigenvalue weighted by Gasteiger charge is 2.32. The minimum Gasteiger partial charge on any atom is -0.340 e. The van der Waals surface area contributed by atoms with Crippen LogP contribution in [0.3, 0.4) is 0 Å². The van der Waals surface area contributed by atoms with E-state index in [1.54, 1.807) is 0 Å². The molecule has 6 nitrogen and oxygen atoms in total. The average molecular weight is 337 g/mol. The number of para-hydroxylation sites is 2. The van der Waals surface area contributed by atoms with Crippen LogP contribution in [0.1, 0.15) is 54.1 Å². The Bertz CT molecular complexity index is 877. The highest BCUT2D eigenvalue weighted by atomic mass is 16.2. The largest absolute Gasteiger partial charge is 0.340 e. The second kappa shape index (κ2) is 6.35. The van der Waals surface area contributed by atoms with Crippen molar-refractivity contribution in [2.45, 2.75) is 45.7 Å². The van der Waals surface area contributed by atoms with Crippen molar-refractivity contribution in [3.05, 3.63) is 47.5 Å². The molecule has 1 amide bonds. The number of carbonyl (C=O) groups excluding carboxylic acids is 1. The van der Waals surface area contributed by atoms with Crippen LogP contribution in [-0.2, 0) is 6.54 Å². The monoisotopic (exact) mass is 337 g/mol. The molecule has 0 bridgehead atoms. The Hall–Kier alpha value is -2.63. The molecule has 1 aliphatic rings. The van der Waals surface area contributed by atoms with Gasteiger partial charge in [0.25, 0.3) is 5.91 Å². The molecule has 4 rings (SSSR count). The third-order valence-corrected chi connectivity index (χ3v) is 4.99. The number of piperidine rings is 1. The molecule has 3 aromatic rings. The fourth-order valence-corrected chi connectivity index (χ4v) is 3.63. The molecule has 1 N–H and O–H groups in total. The zero-order valence-electron chi connectivity index (χ0n) is 14.7. The maximum absolute atomic E-state index is 13.2. The van der Waals surface area contributed by atoms with Crippen LogP contribution >= 0.6 is 0 Å². The van der Waals surface area contributed by atoms with Crippen LogP contribution in [-0.4, -0.2) is 37.1 Å². The molecule has 1 atom stereocenters. The summed E-state index contributed by atoms with van der Waals surface area (Å²) in [5.41, 5.74) is 3.46. The first-order valence-electron chi connectivity index (χ1n) is 8.97. The summed E-state index contributed by atoms with van der Waals surface area (Å²) in [6, 6.07) is 8.00. The molecule has 130 valence electrons. The van der Waals surface area contributed by atoms with Crippen LogP contribution in [0.4, 0.5) is 0 Å². The van der Waals surface area contributed by atoms with E-state index in [2.05, 4.69) is 10.1 Å². The minimum atomic E-state index is -0.00183. The number of H-pyrrole nitrogens is 1. The number of aromatic amines is 1. The highest BCUT2D eigenvalue weighted by Crippen LogP contribution is 2.32. The van der Waals surface area contributed by atoms with Gasteiger partial charge >= 0.3 is 0 Å². The molecular weight excluding hydrogens is 314 g/mol. The number of likely N-dealkylation sites (tertiary alicyclic amines) is 1. The van der Waals surface area contributed by atoms with Crippen LogP contribution in [0.5, 0.6) is 0 Å². The van der Waals surface area contributed by atoms with Gasteiger partial charge in [0, 0.05) is 19.3 Å². The average Bonchev–Trinajstić information content (AvgIpc) is 3.24. The molecule has 1 unspecified atom stereocenters. The third-order valence-electron chi connectivity index (χ3n) is 4.99. The van der Waals surface area contributed by atoms with E-state index < -0.39 is 0 Å². The van der Waals surface area contributed by atoms with Crippen molar-refractivity contribution in [1.29, 1.82) is 0 Å².